The van der Waals surface area contributed by atoms with Crippen LogP contribution in [-0.4, -0.2) is 31.3 Å². The Morgan fingerprint density at radius 2 is 1.89 bits per heavy atom. The molecule has 8 heteroatoms. The Morgan fingerprint density at radius 1 is 1.06 bits per heavy atom. The fourth-order valence-electron chi connectivity index (χ4n) is 4.84. The third kappa shape index (κ3) is 4.15. The first kappa shape index (κ1) is 23.1. The van der Waals surface area contributed by atoms with E-state index < -0.39 is 0 Å². The van der Waals surface area contributed by atoms with Crippen molar-refractivity contribution in [2.24, 2.45) is 0 Å². The largest absolute Gasteiger partial charge is 0.497 e. The first-order valence-electron chi connectivity index (χ1n) is 11.6. The highest BCUT2D eigenvalue weighted by Crippen LogP contribution is 2.44. The maximum absolute atomic E-state index is 13.4. The number of rotatable bonds is 4. The van der Waals surface area contributed by atoms with Crippen LogP contribution in [0.4, 0.5) is 0 Å². The number of fused-ring (bicyclic) bond motifs is 3. The Hall–Kier alpha value is -3.33. The molecule has 0 saturated carbocycles. The zero-order valence-corrected chi connectivity index (χ0v) is 21.5. The van der Waals surface area contributed by atoms with E-state index in [2.05, 4.69) is 20.8 Å². The lowest BCUT2D eigenvalue weighted by molar-refractivity contribution is -0.0165. The molecule has 0 aromatic heterocycles. The number of carbonyl (C=O) groups is 1. The van der Waals surface area contributed by atoms with Crippen molar-refractivity contribution in [3.63, 3.8) is 0 Å². The molecule has 0 N–H and O–H groups in total. The lowest BCUT2D eigenvalue weighted by Gasteiger charge is -2.30. The molecule has 0 fully saturated rings. The van der Waals surface area contributed by atoms with Crippen LogP contribution in [0.5, 0.6) is 23.0 Å². The molecule has 0 aliphatic carbocycles. The van der Waals surface area contributed by atoms with Gasteiger partial charge in [0.05, 0.1) is 19.3 Å². The van der Waals surface area contributed by atoms with E-state index in [1.54, 1.807) is 13.2 Å². The minimum absolute atomic E-state index is 0.149. The van der Waals surface area contributed by atoms with Crippen molar-refractivity contribution in [3.05, 3.63) is 86.1 Å². The predicted molar refractivity (Wildman–Crippen MR) is 136 cm³/mol. The number of Topliss-reactive ketones (excluding diaryl/α,β-unsaturated/α-hetero) is 1. The van der Waals surface area contributed by atoms with Gasteiger partial charge in [0.15, 0.2) is 12.6 Å². The lowest BCUT2D eigenvalue weighted by Crippen LogP contribution is -2.32. The molecule has 6 rings (SSSR count). The van der Waals surface area contributed by atoms with Gasteiger partial charge in [-0.05, 0) is 48.9 Å². The van der Waals surface area contributed by atoms with Crippen molar-refractivity contribution in [2.45, 2.75) is 26.6 Å². The van der Waals surface area contributed by atoms with Gasteiger partial charge >= 0.3 is 0 Å². The molecule has 0 saturated heterocycles. The van der Waals surface area contributed by atoms with Crippen LogP contribution in [-0.2, 0) is 24.4 Å². The van der Waals surface area contributed by atoms with Gasteiger partial charge in [-0.2, -0.15) is 0 Å². The van der Waals surface area contributed by atoms with Crippen LogP contribution in [0, 0.1) is 6.92 Å². The van der Waals surface area contributed by atoms with Crippen molar-refractivity contribution in [1.29, 1.82) is 0 Å². The van der Waals surface area contributed by atoms with Crippen molar-refractivity contribution < 1.29 is 28.5 Å². The normalized spacial score (nSPS) is 17.5. The number of ether oxygens (including phenoxy) is 5. The monoisotopic (exact) mass is 549 g/mol. The molecule has 3 aliphatic rings. The highest BCUT2D eigenvalue weighted by molar-refractivity contribution is 9.10. The second-order valence-electron chi connectivity index (χ2n) is 9.01. The smallest absolute Gasteiger partial charge is 0.231 e. The fraction of sp³-hybridized carbons (Fsp3) is 0.250. The third-order valence-electron chi connectivity index (χ3n) is 6.56. The topological polar surface area (TPSA) is 66.5 Å². The fourth-order valence-corrected chi connectivity index (χ4v) is 5.37. The number of hydrogen-bond donors (Lipinski definition) is 0. The van der Waals surface area contributed by atoms with E-state index in [0.717, 1.165) is 50.3 Å². The van der Waals surface area contributed by atoms with Gasteiger partial charge in [0.25, 0.3) is 0 Å². The highest BCUT2D eigenvalue weighted by atomic mass is 79.9. The van der Waals surface area contributed by atoms with Gasteiger partial charge in [-0.1, -0.05) is 28.1 Å². The van der Waals surface area contributed by atoms with Crippen LogP contribution >= 0.6 is 15.9 Å². The molecule has 0 bridgehead atoms. The predicted octanol–water partition coefficient (Wildman–Crippen LogP) is 5.60. The van der Waals surface area contributed by atoms with Crippen molar-refractivity contribution in [1.82, 2.24) is 4.90 Å². The molecule has 0 spiro atoms. The molecule has 7 nitrogen and oxygen atoms in total. The Labute approximate surface area is 217 Å². The SMILES string of the molecule is COc1ccc(CN2COc3c(cc4c(c3C)O/C(=C\c3cc(Br)cc5c3OCOC5)C4=O)C2)cc1. The minimum atomic E-state index is -0.149. The van der Waals surface area contributed by atoms with E-state index >= 15 is 0 Å². The molecule has 3 heterocycles. The van der Waals surface area contributed by atoms with Gasteiger partial charge in [-0.3, -0.25) is 9.69 Å². The summed E-state index contributed by atoms with van der Waals surface area (Å²) in [5.74, 6) is 2.99. The van der Waals surface area contributed by atoms with Crippen molar-refractivity contribution in [3.8, 4) is 23.0 Å². The van der Waals surface area contributed by atoms with E-state index in [1.165, 1.54) is 0 Å². The summed E-state index contributed by atoms with van der Waals surface area (Å²) in [6.07, 6.45) is 1.74. The number of nitrogens with zero attached hydrogens (tertiary/aromatic N) is 1. The van der Waals surface area contributed by atoms with Gasteiger partial charge in [-0.15, -0.1) is 0 Å². The molecule has 0 unspecified atom stereocenters. The number of benzene rings is 3. The van der Waals surface area contributed by atoms with Crippen LogP contribution in [0.2, 0.25) is 0 Å². The molecular formula is C28H24BrNO6. The standard InChI is InChI=1S/C28H24BrNO6/c1-16-26-19(12-30(14-34-26)11-17-3-5-22(32-2)6-4-17)9-23-25(31)24(36-27(16)23)10-18-7-21(29)8-20-13-33-15-35-28(18)20/h3-10H,11-15H2,1-2H3/b24-10-. The Balaban J connectivity index is 1.28. The molecule has 184 valence electrons. The van der Waals surface area contributed by atoms with Crippen molar-refractivity contribution >= 4 is 27.8 Å². The van der Waals surface area contributed by atoms with Crippen molar-refractivity contribution in [2.75, 3.05) is 20.6 Å². The number of hydrogen-bond acceptors (Lipinski definition) is 7. The summed E-state index contributed by atoms with van der Waals surface area (Å²) in [7, 11) is 1.66. The zero-order chi connectivity index (χ0) is 24.8. The highest BCUT2D eigenvalue weighted by Gasteiger charge is 2.34. The Kier molecular flexibility index (Phi) is 5.95. The van der Waals surface area contributed by atoms with Gasteiger partial charge in [0.1, 0.15) is 29.7 Å². The number of methoxy groups -OCH3 is 1. The molecule has 3 aromatic rings. The van der Waals surface area contributed by atoms with Crippen LogP contribution in [0.1, 0.15) is 38.2 Å². The number of carbonyl (C=O) groups excluding carboxylic acids is 1. The molecule has 0 radical (unpaired) electrons. The van der Waals surface area contributed by atoms with Crippen LogP contribution in [0.25, 0.3) is 6.08 Å². The molecule has 0 amide bonds. The first-order chi connectivity index (χ1) is 17.5. The average molecular weight is 550 g/mol. The molecule has 3 aliphatic heterocycles. The maximum Gasteiger partial charge on any atom is 0.231 e. The number of allylic oxidation sites excluding steroid dienone is 1. The summed E-state index contributed by atoms with van der Waals surface area (Å²) in [6.45, 7) is 4.43. The Morgan fingerprint density at radius 3 is 2.69 bits per heavy atom. The average Bonchev–Trinajstić information content (AvgIpc) is 3.19. The quantitative estimate of drug-likeness (QED) is 0.392. The summed E-state index contributed by atoms with van der Waals surface area (Å²) in [5, 5.41) is 0. The summed E-state index contributed by atoms with van der Waals surface area (Å²) in [4.78, 5) is 15.6. The molecule has 36 heavy (non-hydrogen) atoms. The van der Waals surface area contributed by atoms with E-state index in [-0.39, 0.29) is 18.3 Å². The van der Waals surface area contributed by atoms with Crippen LogP contribution in [0.3, 0.4) is 0 Å². The zero-order valence-electron chi connectivity index (χ0n) is 19.9. The molecular weight excluding hydrogens is 526 g/mol. The summed E-state index contributed by atoms with van der Waals surface area (Å²) >= 11 is 3.53. The second kappa shape index (κ2) is 9.28. The van der Waals surface area contributed by atoms with E-state index in [1.807, 2.05) is 49.4 Å². The maximum atomic E-state index is 13.4. The van der Waals surface area contributed by atoms with Gasteiger partial charge < -0.3 is 23.7 Å². The van der Waals surface area contributed by atoms with Crippen LogP contribution < -0.4 is 18.9 Å². The number of ketones is 1. The second-order valence-corrected chi connectivity index (χ2v) is 9.92. The molecule has 0 atom stereocenters. The lowest BCUT2D eigenvalue weighted by atomic mass is 9.99. The summed E-state index contributed by atoms with van der Waals surface area (Å²) in [6, 6.07) is 13.8. The van der Waals surface area contributed by atoms with Gasteiger partial charge in [-0.25, -0.2) is 0 Å². The summed E-state index contributed by atoms with van der Waals surface area (Å²) in [5.41, 5.74) is 5.22. The van der Waals surface area contributed by atoms with Crippen LogP contribution in [0.15, 0.2) is 52.7 Å². The first-order valence-corrected chi connectivity index (χ1v) is 12.4. The minimum Gasteiger partial charge on any atom is -0.497 e. The summed E-state index contributed by atoms with van der Waals surface area (Å²) < 4.78 is 29.5. The van der Waals surface area contributed by atoms with E-state index in [4.69, 9.17) is 23.7 Å². The van der Waals surface area contributed by atoms with E-state index in [9.17, 15) is 4.79 Å². The van der Waals surface area contributed by atoms with E-state index in [0.29, 0.717) is 36.9 Å². The third-order valence-corrected chi connectivity index (χ3v) is 7.02. The molecule has 3 aromatic carbocycles. The van der Waals surface area contributed by atoms with Gasteiger partial charge in [0, 0.05) is 39.8 Å². The number of halogens is 1. The van der Waals surface area contributed by atoms with Gasteiger partial charge in [0.2, 0.25) is 5.78 Å². The Bertz CT molecular complexity index is 1400.